The van der Waals surface area contributed by atoms with Crippen LogP contribution in [0.2, 0.25) is 0 Å². The molecular formula is C18H28N2O4S. The van der Waals surface area contributed by atoms with Crippen LogP contribution in [0.1, 0.15) is 36.5 Å². The minimum Gasteiger partial charge on any atom is -0.383 e. The second kappa shape index (κ2) is 7.85. The van der Waals surface area contributed by atoms with Gasteiger partial charge in [-0.1, -0.05) is 17.7 Å². The molecule has 2 rings (SSSR count). The third kappa shape index (κ3) is 4.22. The normalized spacial score (nSPS) is 19.8. The first-order valence-electron chi connectivity index (χ1n) is 8.57. The van der Waals surface area contributed by atoms with Crippen LogP contribution in [-0.4, -0.2) is 51.0 Å². The molecule has 1 heterocycles. The molecule has 1 N–H and O–H groups in total. The average molecular weight is 368 g/mol. The van der Waals surface area contributed by atoms with Crippen LogP contribution in [0.25, 0.3) is 0 Å². The molecule has 6 nitrogen and oxygen atoms in total. The molecule has 2 unspecified atom stereocenters. The highest BCUT2D eigenvalue weighted by Crippen LogP contribution is 2.30. The first kappa shape index (κ1) is 19.9. The lowest BCUT2D eigenvalue weighted by molar-refractivity contribution is -0.125. The highest BCUT2D eigenvalue weighted by molar-refractivity contribution is 7.89. The topological polar surface area (TPSA) is 75.7 Å². The summed E-state index contributed by atoms with van der Waals surface area (Å²) in [5, 5.41) is 2.84. The van der Waals surface area contributed by atoms with Crippen LogP contribution in [0.15, 0.2) is 17.0 Å². The van der Waals surface area contributed by atoms with Crippen molar-refractivity contribution in [3.8, 4) is 0 Å². The van der Waals surface area contributed by atoms with Crippen LogP contribution in [0, 0.1) is 20.8 Å². The van der Waals surface area contributed by atoms with Crippen molar-refractivity contribution in [1.29, 1.82) is 0 Å². The molecule has 25 heavy (non-hydrogen) atoms. The van der Waals surface area contributed by atoms with Crippen molar-refractivity contribution in [2.45, 2.75) is 57.5 Å². The number of nitrogens with one attached hydrogen (secondary N) is 1. The number of carbonyl (C=O) groups is 1. The smallest absolute Gasteiger partial charge is 0.244 e. The Labute approximate surface area is 150 Å². The predicted octanol–water partition coefficient (Wildman–Crippen LogP) is 1.92. The van der Waals surface area contributed by atoms with E-state index >= 15 is 0 Å². The van der Waals surface area contributed by atoms with Gasteiger partial charge in [0.15, 0.2) is 0 Å². The van der Waals surface area contributed by atoms with Crippen LogP contribution in [-0.2, 0) is 19.6 Å². The molecule has 1 aliphatic heterocycles. The van der Waals surface area contributed by atoms with E-state index in [9.17, 15) is 13.2 Å². The Kier molecular flexibility index (Phi) is 6.24. The summed E-state index contributed by atoms with van der Waals surface area (Å²) in [6, 6.07) is 2.91. The van der Waals surface area contributed by atoms with Gasteiger partial charge in [-0.3, -0.25) is 4.79 Å². The Hall–Kier alpha value is -1.44. The Bertz CT molecular complexity index is 722. The van der Waals surface area contributed by atoms with E-state index in [0.29, 0.717) is 30.9 Å². The molecule has 1 fully saturated rings. The molecule has 0 aliphatic carbocycles. The lowest BCUT2D eigenvalue weighted by atomic mass is 10.1. The molecule has 2 atom stereocenters. The fourth-order valence-electron chi connectivity index (χ4n) is 3.61. The molecule has 140 valence electrons. The van der Waals surface area contributed by atoms with E-state index in [-0.39, 0.29) is 11.9 Å². The summed E-state index contributed by atoms with van der Waals surface area (Å²) in [4.78, 5) is 12.9. The number of nitrogens with zero attached hydrogens (tertiary/aromatic N) is 1. The highest BCUT2D eigenvalue weighted by atomic mass is 32.2. The van der Waals surface area contributed by atoms with Gasteiger partial charge in [0, 0.05) is 19.7 Å². The quantitative estimate of drug-likeness (QED) is 0.832. The highest BCUT2D eigenvalue weighted by Gasteiger charge is 2.40. The largest absolute Gasteiger partial charge is 0.383 e. The molecule has 0 spiro atoms. The average Bonchev–Trinajstić information content (AvgIpc) is 2.96. The van der Waals surface area contributed by atoms with Crippen LogP contribution in [0.4, 0.5) is 0 Å². The first-order valence-corrected chi connectivity index (χ1v) is 10.0. The van der Waals surface area contributed by atoms with Gasteiger partial charge in [-0.25, -0.2) is 8.42 Å². The summed E-state index contributed by atoms with van der Waals surface area (Å²) in [5.74, 6) is -0.256. The van der Waals surface area contributed by atoms with Gasteiger partial charge in [0.2, 0.25) is 15.9 Å². The van der Waals surface area contributed by atoms with E-state index in [1.54, 1.807) is 21.0 Å². The van der Waals surface area contributed by atoms with E-state index in [1.807, 2.05) is 26.0 Å². The molecule has 1 aliphatic rings. The molecule has 7 heteroatoms. The fraction of sp³-hybridized carbons (Fsp3) is 0.611. The number of hydrogen-bond acceptors (Lipinski definition) is 4. The lowest BCUT2D eigenvalue weighted by Gasteiger charge is -2.26. The monoisotopic (exact) mass is 368 g/mol. The van der Waals surface area contributed by atoms with Crippen molar-refractivity contribution in [3.05, 3.63) is 28.8 Å². The van der Waals surface area contributed by atoms with E-state index < -0.39 is 16.1 Å². The maximum atomic E-state index is 13.2. The first-order chi connectivity index (χ1) is 11.7. The molecule has 1 amide bonds. The Balaban J connectivity index is 2.31. The molecule has 1 saturated heterocycles. The summed E-state index contributed by atoms with van der Waals surface area (Å²) >= 11 is 0. The number of amides is 1. The van der Waals surface area contributed by atoms with E-state index in [2.05, 4.69) is 5.32 Å². The van der Waals surface area contributed by atoms with Crippen molar-refractivity contribution in [2.24, 2.45) is 0 Å². The van der Waals surface area contributed by atoms with Crippen LogP contribution < -0.4 is 5.32 Å². The number of aryl methyl sites for hydroxylation is 3. The molecular weight excluding hydrogens is 340 g/mol. The zero-order valence-corrected chi connectivity index (χ0v) is 16.4. The Morgan fingerprint density at radius 3 is 2.48 bits per heavy atom. The summed E-state index contributed by atoms with van der Waals surface area (Å²) in [5.41, 5.74) is 2.46. The third-order valence-electron chi connectivity index (χ3n) is 4.48. The maximum Gasteiger partial charge on any atom is 0.244 e. The van der Waals surface area contributed by atoms with Gasteiger partial charge in [0.1, 0.15) is 6.04 Å². The van der Waals surface area contributed by atoms with Crippen molar-refractivity contribution in [3.63, 3.8) is 0 Å². The standard InChI is InChI=1S/C18H28N2O4S/c1-12-9-13(2)17(14(3)10-12)25(22,23)20-8-6-7-16(20)18(21)19-15(4)11-24-5/h9-10,15-16H,6-8,11H2,1-5H3,(H,19,21). The fourth-order valence-corrected chi connectivity index (χ4v) is 5.68. The minimum absolute atomic E-state index is 0.162. The number of hydrogen-bond donors (Lipinski definition) is 1. The van der Waals surface area contributed by atoms with Crippen LogP contribution in [0.5, 0.6) is 0 Å². The number of methoxy groups -OCH3 is 1. The molecule has 0 bridgehead atoms. The van der Waals surface area contributed by atoms with E-state index in [4.69, 9.17) is 4.74 Å². The zero-order chi connectivity index (χ0) is 18.8. The summed E-state index contributed by atoms with van der Waals surface area (Å²) in [6.07, 6.45) is 1.22. The van der Waals surface area contributed by atoms with E-state index in [1.165, 1.54) is 4.31 Å². The number of ether oxygens (including phenoxy) is 1. The van der Waals surface area contributed by atoms with E-state index in [0.717, 1.165) is 16.7 Å². The number of benzene rings is 1. The van der Waals surface area contributed by atoms with Gasteiger partial charge < -0.3 is 10.1 Å². The van der Waals surface area contributed by atoms with Gasteiger partial charge in [0.25, 0.3) is 0 Å². The molecule has 0 aromatic heterocycles. The number of rotatable bonds is 6. The Morgan fingerprint density at radius 1 is 1.32 bits per heavy atom. The van der Waals surface area contributed by atoms with Crippen LogP contribution >= 0.6 is 0 Å². The van der Waals surface area contributed by atoms with Crippen molar-refractivity contribution in [2.75, 3.05) is 20.3 Å². The molecule has 1 aromatic rings. The number of sulfonamides is 1. The molecule has 1 aromatic carbocycles. The lowest BCUT2D eigenvalue weighted by Crippen LogP contribution is -2.49. The van der Waals surface area contributed by atoms with Crippen molar-refractivity contribution in [1.82, 2.24) is 9.62 Å². The predicted molar refractivity (Wildman–Crippen MR) is 97.0 cm³/mol. The SMILES string of the molecule is COCC(C)NC(=O)C1CCCN1S(=O)(=O)c1c(C)cc(C)cc1C. The molecule has 0 radical (unpaired) electrons. The van der Waals surface area contributed by atoms with Gasteiger partial charge in [-0.2, -0.15) is 4.31 Å². The third-order valence-corrected chi connectivity index (χ3v) is 6.70. The van der Waals surface area contributed by atoms with Gasteiger partial charge in [-0.15, -0.1) is 0 Å². The number of carbonyl (C=O) groups excluding carboxylic acids is 1. The Morgan fingerprint density at radius 2 is 1.92 bits per heavy atom. The summed E-state index contributed by atoms with van der Waals surface area (Å²) < 4.78 is 32.9. The van der Waals surface area contributed by atoms with Gasteiger partial charge in [-0.05, 0) is 51.7 Å². The van der Waals surface area contributed by atoms with Gasteiger partial charge >= 0.3 is 0 Å². The summed E-state index contributed by atoms with van der Waals surface area (Å²) in [6.45, 7) is 8.15. The van der Waals surface area contributed by atoms with Gasteiger partial charge in [0.05, 0.1) is 11.5 Å². The maximum absolute atomic E-state index is 13.2. The van der Waals surface area contributed by atoms with Crippen molar-refractivity contribution < 1.29 is 17.9 Å². The second-order valence-corrected chi connectivity index (χ2v) is 8.69. The van der Waals surface area contributed by atoms with Crippen molar-refractivity contribution >= 4 is 15.9 Å². The van der Waals surface area contributed by atoms with Crippen LogP contribution in [0.3, 0.4) is 0 Å². The minimum atomic E-state index is -3.72. The zero-order valence-electron chi connectivity index (χ0n) is 15.6. The summed E-state index contributed by atoms with van der Waals surface area (Å²) in [7, 11) is -2.15. The molecule has 0 saturated carbocycles. The second-order valence-electron chi connectivity index (χ2n) is 6.87.